The van der Waals surface area contributed by atoms with Crippen LogP contribution in [0.3, 0.4) is 0 Å². The summed E-state index contributed by atoms with van der Waals surface area (Å²) in [7, 11) is 0. The molecular weight excluding hydrogens is 479 g/mol. The van der Waals surface area contributed by atoms with E-state index in [1.807, 2.05) is 0 Å². The van der Waals surface area contributed by atoms with Crippen molar-refractivity contribution in [3.63, 3.8) is 0 Å². The summed E-state index contributed by atoms with van der Waals surface area (Å²) >= 11 is 5.92. The summed E-state index contributed by atoms with van der Waals surface area (Å²) in [5.74, 6) is -0.480. The molecule has 6 fully saturated rings. The summed E-state index contributed by atoms with van der Waals surface area (Å²) in [6.45, 7) is 0.111. The maximum atomic E-state index is 13.8. The molecule has 0 radical (unpaired) electrons. The number of halogens is 2. The maximum absolute atomic E-state index is 13.8. The Morgan fingerprint density at radius 1 is 1.06 bits per heavy atom. The maximum Gasteiger partial charge on any atom is 0.252 e. The fourth-order valence-electron chi connectivity index (χ4n) is 6.71. The average molecular weight is 517 g/mol. The molecule has 1 aliphatic heterocycles. The minimum Gasteiger partial charge on any atom is -0.391 e. The van der Waals surface area contributed by atoms with Crippen LogP contribution in [0.4, 0.5) is 4.39 Å². The molecule has 6 rings (SSSR count). The molecule has 1 heterocycles. The fourth-order valence-corrected chi connectivity index (χ4v) is 6.94. The number of hydrogen-bond donors (Lipinski definition) is 3. The molecule has 8 nitrogen and oxygen atoms in total. The predicted molar refractivity (Wildman–Crippen MR) is 126 cm³/mol. The molecule has 198 valence electrons. The van der Waals surface area contributed by atoms with Crippen molar-refractivity contribution in [2.24, 2.45) is 0 Å². The van der Waals surface area contributed by atoms with E-state index in [0.717, 1.165) is 25.7 Å². The van der Waals surface area contributed by atoms with Crippen LogP contribution in [0.15, 0.2) is 0 Å². The lowest BCUT2D eigenvalue weighted by Crippen LogP contribution is -2.71. The Labute approximate surface area is 210 Å². The SMILES string of the molecule is O=C(COC1CCC(Cl)C(F)C1)NC12CCC(NC(=O)[C@@H]3COC4CCCCC4O3)(CC1)[C@@H](O)C2. The summed E-state index contributed by atoms with van der Waals surface area (Å²) in [6, 6.07) is 0. The largest absolute Gasteiger partial charge is 0.391 e. The van der Waals surface area contributed by atoms with Gasteiger partial charge in [0.05, 0.1) is 41.9 Å². The van der Waals surface area contributed by atoms with Gasteiger partial charge >= 0.3 is 0 Å². The van der Waals surface area contributed by atoms with Gasteiger partial charge in [0.25, 0.3) is 5.91 Å². The zero-order valence-electron chi connectivity index (χ0n) is 20.2. The van der Waals surface area contributed by atoms with Gasteiger partial charge in [0.1, 0.15) is 12.8 Å². The topological polar surface area (TPSA) is 106 Å². The van der Waals surface area contributed by atoms with Crippen molar-refractivity contribution in [2.75, 3.05) is 13.2 Å². The van der Waals surface area contributed by atoms with Gasteiger partial charge in [-0.25, -0.2) is 4.39 Å². The van der Waals surface area contributed by atoms with Gasteiger partial charge in [0, 0.05) is 12.0 Å². The van der Waals surface area contributed by atoms with E-state index in [2.05, 4.69) is 10.6 Å². The Balaban J connectivity index is 1.10. The number of hydrogen-bond acceptors (Lipinski definition) is 6. The Kier molecular flexibility index (Phi) is 7.62. The highest BCUT2D eigenvalue weighted by Gasteiger charge is 2.56. The minimum absolute atomic E-state index is 0.0285. The van der Waals surface area contributed by atoms with E-state index in [9.17, 15) is 19.1 Å². The third-order valence-electron chi connectivity index (χ3n) is 8.93. The lowest BCUT2D eigenvalue weighted by molar-refractivity contribution is -0.198. The van der Waals surface area contributed by atoms with Crippen molar-refractivity contribution in [2.45, 2.75) is 130 Å². The third-order valence-corrected chi connectivity index (χ3v) is 9.42. The predicted octanol–water partition coefficient (Wildman–Crippen LogP) is 2.28. The highest BCUT2D eigenvalue weighted by atomic mass is 35.5. The van der Waals surface area contributed by atoms with Gasteiger partial charge in [0.2, 0.25) is 5.91 Å². The van der Waals surface area contributed by atoms with Crippen LogP contribution in [0.2, 0.25) is 0 Å². The van der Waals surface area contributed by atoms with Gasteiger partial charge in [-0.2, -0.15) is 0 Å². The van der Waals surface area contributed by atoms with E-state index < -0.39 is 34.8 Å². The monoisotopic (exact) mass is 516 g/mol. The van der Waals surface area contributed by atoms with Crippen LogP contribution in [-0.4, -0.2) is 83.3 Å². The second-order valence-electron chi connectivity index (χ2n) is 11.3. The molecule has 5 aliphatic carbocycles. The zero-order valence-corrected chi connectivity index (χ0v) is 20.9. The first kappa shape index (κ1) is 25.6. The smallest absolute Gasteiger partial charge is 0.252 e. The van der Waals surface area contributed by atoms with E-state index in [1.165, 1.54) is 0 Å². The van der Waals surface area contributed by atoms with Gasteiger partial charge in [0.15, 0.2) is 6.10 Å². The van der Waals surface area contributed by atoms with Crippen LogP contribution in [0.5, 0.6) is 0 Å². The molecule has 0 spiro atoms. The van der Waals surface area contributed by atoms with Crippen molar-refractivity contribution in [3.8, 4) is 0 Å². The van der Waals surface area contributed by atoms with E-state index in [1.54, 1.807) is 0 Å². The van der Waals surface area contributed by atoms with Crippen molar-refractivity contribution in [3.05, 3.63) is 0 Å². The van der Waals surface area contributed by atoms with E-state index >= 15 is 0 Å². The third kappa shape index (κ3) is 5.49. The second kappa shape index (κ2) is 10.4. The first-order valence-electron chi connectivity index (χ1n) is 13.3. The van der Waals surface area contributed by atoms with Crippen molar-refractivity contribution < 1.29 is 33.3 Å². The molecule has 7 atom stereocenters. The van der Waals surface area contributed by atoms with Gasteiger partial charge in [-0.05, 0) is 57.8 Å². The number of carbonyl (C=O) groups excluding carboxylic acids is 2. The normalized spacial score (nSPS) is 45.4. The van der Waals surface area contributed by atoms with Gasteiger partial charge < -0.3 is 30.0 Å². The Hall–Kier alpha value is -1.00. The quantitative estimate of drug-likeness (QED) is 0.468. The van der Waals surface area contributed by atoms with Crippen molar-refractivity contribution in [1.82, 2.24) is 10.6 Å². The van der Waals surface area contributed by atoms with Crippen LogP contribution in [-0.2, 0) is 23.8 Å². The number of aliphatic hydroxyl groups excluding tert-OH is 1. The van der Waals surface area contributed by atoms with E-state index in [0.29, 0.717) is 44.9 Å². The van der Waals surface area contributed by atoms with Crippen LogP contribution >= 0.6 is 11.6 Å². The molecule has 0 aromatic rings. The number of ether oxygens (including phenoxy) is 3. The highest BCUT2D eigenvalue weighted by Crippen LogP contribution is 2.47. The van der Waals surface area contributed by atoms with Crippen molar-refractivity contribution in [1.29, 1.82) is 0 Å². The number of alkyl halides is 2. The molecule has 6 aliphatic rings. The molecule has 5 saturated carbocycles. The summed E-state index contributed by atoms with van der Waals surface area (Å²) in [5, 5.41) is 16.7. The minimum atomic E-state index is -1.11. The number of rotatable bonds is 6. The van der Waals surface area contributed by atoms with E-state index in [4.69, 9.17) is 25.8 Å². The van der Waals surface area contributed by atoms with Crippen molar-refractivity contribution >= 4 is 23.4 Å². The zero-order chi connectivity index (χ0) is 24.6. The lowest BCUT2D eigenvalue weighted by atomic mass is 9.60. The second-order valence-corrected chi connectivity index (χ2v) is 11.9. The molecule has 0 aromatic carbocycles. The molecule has 3 N–H and O–H groups in total. The molecule has 10 heteroatoms. The molecule has 35 heavy (non-hydrogen) atoms. The number of carbonyl (C=O) groups is 2. The van der Waals surface area contributed by atoms with Gasteiger partial charge in [-0.3, -0.25) is 9.59 Å². The summed E-state index contributed by atoms with van der Waals surface area (Å²) in [5.41, 5.74) is -1.22. The molecular formula is C25H38ClFN2O6. The van der Waals surface area contributed by atoms with Crippen LogP contribution < -0.4 is 10.6 Å². The van der Waals surface area contributed by atoms with Crippen LogP contribution in [0.25, 0.3) is 0 Å². The molecule has 2 bridgehead atoms. The Morgan fingerprint density at radius 3 is 2.51 bits per heavy atom. The highest BCUT2D eigenvalue weighted by molar-refractivity contribution is 6.21. The molecule has 5 unspecified atom stereocenters. The number of aliphatic hydroxyl groups is 1. The Bertz CT molecular complexity index is 794. The lowest BCUT2D eigenvalue weighted by Gasteiger charge is -2.56. The average Bonchev–Trinajstić information content (AvgIpc) is 2.85. The van der Waals surface area contributed by atoms with Crippen LogP contribution in [0, 0.1) is 0 Å². The summed E-state index contributed by atoms with van der Waals surface area (Å²) in [4.78, 5) is 25.7. The standard InChI is InChI=1S/C25H38ClFN2O6/c26-16-6-5-15(11-17(16)27)33-14-22(31)28-24-7-9-25(10-8-24,21(30)12-24)29-23(32)20-13-34-18-3-1-2-4-19(18)35-20/h15-21,30H,1-14H2,(H,28,31)(H,29,32)/t15?,16?,17?,18?,19?,20-,21-,24?,25?/m0/s1. The molecule has 2 amide bonds. The summed E-state index contributed by atoms with van der Waals surface area (Å²) in [6.07, 6.45) is 5.57. The van der Waals surface area contributed by atoms with Gasteiger partial charge in [-0.1, -0.05) is 12.8 Å². The van der Waals surface area contributed by atoms with Crippen LogP contribution in [0.1, 0.15) is 77.0 Å². The van der Waals surface area contributed by atoms with E-state index in [-0.39, 0.29) is 49.8 Å². The molecule has 1 saturated heterocycles. The number of amides is 2. The fraction of sp³-hybridized carbons (Fsp3) is 0.920. The first-order chi connectivity index (χ1) is 16.8. The Morgan fingerprint density at radius 2 is 1.80 bits per heavy atom. The summed E-state index contributed by atoms with van der Waals surface area (Å²) < 4.78 is 31.5. The molecule has 0 aromatic heterocycles. The van der Waals surface area contributed by atoms with Gasteiger partial charge in [-0.15, -0.1) is 11.6 Å². The number of nitrogens with one attached hydrogen (secondary N) is 2. The first-order valence-corrected chi connectivity index (χ1v) is 13.7. The number of fused-ring (bicyclic) bond motifs is 4.